The minimum atomic E-state index is -4.81. The Bertz CT molecular complexity index is 971. The van der Waals surface area contributed by atoms with Crippen molar-refractivity contribution in [2.24, 2.45) is 0 Å². The standard InChI is InChI=1S/C16H12F3N3O3.CH4/c17-16(18,19)25-11-5-3-4-10(8-11)20-14-12(9-23)15(24)22-7-2-1-6-13(22)21-14;/h1-8,20,23H,9H2;1H4. The van der Waals surface area contributed by atoms with Crippen molar-refractivity contribution in [3.05, 3.63) is 64.6 Å². The zero-order valence-corrected chi connectivity index (χ0v) is 12.6. The van der Waals surface area contributed by atoms with Gasteiger partial charge in [0.1, 0.15) is 17.2 Å². The van der Waals surface area contributed by atoms with Crippen molar-refractivity contribution < 1.29 is 23.0 Å². The van der Waals surface area contributed by atoms with Crippen molar-refractivity contribution in [3.63, 3.8) is 0 Å². The van der Waals surface area contributed by atoms with Crippen LogP contribution in [0.5, 0.6) is 5.75 Å². The van der Waals surface area contributed by atoms with Crippen LogP contribution in [0.1, 0.15) is 13.0 Å². The molecule has 0 amide bonds. The van der Waals surface area contributed by atoms with Crippen molar-refractivity contribution in [3.8, 4) is 5.75 Å². The van der Waals surface area contributed by atoms with Gasteiger partial charge in [-0.15, -0.1) is 13.2 Å². The number of fused-ring (bicyclic) bond motifs is 1. The van der Waals surface area contributed by atoms with Gasteiger partial charge in [-0.3, -0.25) is 9.20 Å². The molecule has 6 nitrogen and oxygen atoms in total. The van der Waals surface area contributed by atoms with Crippen LogP contribution in [0.3, 0.4) is 0 Å². The van der Waals surface area contributed by atoms with Gasteiger partial charge in [0.05, 0.1) is 12.2 Å². The molecule has 138 valence electrons. The number of aliphatic hydroxyl groups is 1. The molecular formula is C17H16F3N3O3. The van der Waals surface area contributed by atoms with E-state index in [0.717, 1.165) is 12.1 Å². The maximum Gasteiger partial charge on any atom is 0.573 e. The van der Waals surface area contributed by atoms with E-state index in [1.165, 1.54) is 22.7 Å². The van der Waals surface area contributed by atoms with Crippen LogP contribution < -0.4 is 15.6 Å². The Morgan fingerprint density at radius 1 is 1.19 bits per heavy atom. The lowest BCUT2D eigenvalue weighted by Gasteiger charge is -2.13. The average molecular weight is 367 g/mol. The molecule has 2 N–H and O–H groups in total. The highest BCUT2D eigenvalue weighted by Gasteiger charge is 2.31. The predicted octanol–water partition coefficient (Wildman–Crippen LogP) is 3.47. The highest BCUT2D eigenvalue weighted by atomic mass is 19.4. The van der Waals surface area contributed by atoms with Crippen molar-refractivity contribution >= 4 is 17.2 Å². The van der Waals surface area contributed by atoms with Crippen LogP contribution in [-0.2, 0) is 6.61 Å². The summed E-state index contributed by atoms with van der Waals surface area (Å²) in [6.45, 7) is -0.579. The van der Waals surface area contributed by atoms with Crippen LogP contribution in [0.4, 0.5) is 24.7 Å². The summed E-state index contributed by atoms with van der Waals surface area (Å²) in [5, 5.41) is 12.2. The SMILES string of the molecule is C.O=c1c(CO)c(Nc2cccc(OC(F)(F)F)c2)nc2ccccn12. The molecule has 1 aromatic carbocycles. The number of halogens is 3. The lowest BCUT2D eigenvalue weighted by molar-refractivity contribution is -0.274. The molecule has 0 saturated heterocycles. The number of hydrogen-bond donors (Lipinski definition) is 2. The van der Waals surface area contributed by atoms with Crippen molar-refractivity contribution in [1.29, 1.82) is 0 Å². The molecule has 2 heterocycles. The van der Waals surface area contributed by atoms with Gasteiger partial charge < -0.3 is 15.2 Å². The number of nitrogens with one attached hydrogen (secondary N) is 1. The number of anilines is 2. The lowest BCUT2D eigenvalue weighted by atomic mass is 10.2. The van der Waals surface area contributed by atoms with E-state index in [0.29, 0.717) is 5.65 Å². The topological polar surface area (TPSA) is 75.9 Å². The van der Waals surface area contributed by atoms with Gasteiger partial charge in [0.25, 0.3) is 5.56 Å². The van der Waals surface area contributed by atoms with Gasteiger partial charge in [0, 0.05) is 18.0 Å². The minimum absolute atomic E-state index is 0. The molecule has 26 heavy (non-hydrogen) atoms. The van der Waals surface area contributed by atoms with Crippen LogP contribution in [0, 0.1) is 0 Å². The Morgan fingerprint density at radius 3 is 2.65 bits per heavy atom. The third-order valence-corrected chi connectivity index (χ3v) is 3.32. The van der Waals surface area contributed by atoms with E-state index in [1.807, 2.05) is 0 Å². The molecule has 0 atom stereocenters. The Morgan fingerprint density at radius 2 is 1.96 bits per heavy atom. The first-order valence-corrected chi connectivity index (χ1v) is 7.11. The van der Waals surface area contributed by atoms with Crippen molar-refractivity contribution in [2.45, 2.75) is 20.4 Å². The molecule has 0 saturated carbocycles. The second-order valence-electron chi connectivity index (χ2n) is 5.03. The molecule has 0 aliphatic rings. The van der Waals surface area contributed by atoms with E-state index < -0.39 is 24.3 Å². The Hall–Kier alpha value is -3.07. The van der Waals surface area contributed by atoms with Gasteiger partial charge in [-0.25, -0.2) is 4.98 Å². The highest BCUT2D eigenvalue weighted by molar-refractivity contribution is 5.63. The fourth-order valence-electron chi connectivity index (χ4n) is 2.28. The second-order valence-corrected chi connectivity index (χ2v) is 5.03. The number of benzene rings is 1. The maximum absolute atomic E-state index is 12.4. The first-order chi connectivity index (χ1) is 11.9. The Labute approximate surface area is 146 Å². The number of aliphatic hydroxyl groups excluding tert-OH is 1. The molecule has 0 unspecified atom stereocenters. The van der Waals surface area contributed by atoms with Gasteiger partial charge in [-0.1, -0.05) is 19.6 Å². The fourth-order valence-corrected chi connectivity index (χ4v) is 2.28. The number of alkyl halides is 3. The highest BCUT2D eigenvalue weighted by Crippen LogP contribution is 2.26. The maximum atomic E-state index is 12.4. The zero-order valence-electron chi connectivity index (χ0n) is 12.6. The summed E-state index contributed by atoms with van der Waals surface area (Å²) in [6, 6.07) is 10.0. The summed E-state index contributed by atoms with van der Waals surface area (Å²) < 4.78 is 42.1. The molecule has 0 aliphatic carbocycles. The van der Waals surface area contributed by atoms with E-state index in [2.05, 4.69) is 15.0 Å². The number of hydrogen-bond acceptors (Lipinski definition) is 5. The van der Waals surface area contributed by atoms with E-state index in [-0.39, 0.29) is 24.5 Å². The number of nitrogens with zero attached hydrogens (tertiary/aromatic N) is 2. The molecule has 2 aromatic heterocycles. The van der Waals surface area contributed by atoms with Crippen LogP contribution >= 0.6 is 0 Å². The van der Waals surface area contributed by atoms with Crippen molar-refractivity contribution in [1.82, 2.24) is 9.38 Å². The molecule has 9 heteroatoms. The average Bonchev–Trinajstić information content (AvgIpc) is 2.54. The fraction of sp³-hybridized carbons (Fsp3) is 0.176. The summed E-state index contributed by atoms with van der Waals surface area (Å²) in [7, 11) is 0. The van der Waals surface area contributed by atoms with E-state index in [9.17, 15) is 23.1 Å². The first kappa shape index (κ1) is 19.3. The lowest BCUT2D eigenvalue weighted by Crippen LogP contribution is -2.21. The van der Waals surface area contributed by atoms with Crippen LogP contribution in [0.25, 0.3) is 5.65 Å². The molecule has 0 radical (unpaired) electrons. The number of rotatable bonds is 4. The normalized spacial score (nSPS) is 11.1. The van der Waals surface area contributed by atoms with E-state index in [1.54, 1.807) is 18.2 Å². The molecule has 0 fully saturated rings. The minimum Gasteiger partial charge on any atom is -0.406 e. The summed E-state index contributed by atoms with van der Waals surface area (Å²) in [5.41, 5.74) is 0.0719. The van der Waals surface area contributed by atoms with Gasteiger partial charge in [-0.05, 0) is 24.3 Å². The molecule has 0 aliphatic heterocycles. The van der Waals surface area contributed by atoms with Gasteiger partial charge in [0.15, 0.2) is 0 Å². The Balaban J connectivity index is 0.00000243. The van der Waals surface area contributed by atoms with Gasteiger partial charge >= 0.3 is 6.36 Å². The third kappa shape index (κ3) is 4.12. The first-order valence-electron chi connectivity index (χ1n) is 7.11. The molecule has 0 spiro atoms. The predicted molar refractivity (Wildman–Crippen MR) is 90.5 cm³/mol. The molecular weight excluding hydrogens is 351 g/mol. The van der Waals surface area contributed by atoms with Crippen LogP contribution in [0.2, 0.25) is 0 Å². The van der Waals surface area contributed by atoms with Crippen LogP contribution in [0.15, 0.2) is 53.5 Å². The summed E-state index contributed by atoms with van der Waals surface area (Å²) in [6.07, 6.45) is -3.31. The zero-order chi connectivity index (χ0) is 18.0. The summed E-state index contributed by atoms with van der Waals surface area (Å²) >= 11 is 0. The number of ether oxygens (including phenoxy) is 1. The van der Waals surface area contributed by atoms with Crippen LogP contribution in [-0.4, -0.2) is 20.9 Å². The van der Waals surface area contributed by atoms with Gasteiger partial charge in [-0.2, -0.15) is 0 Å². The summed E-state index contributed by atoms with van der Waals surface area (Å²) in [4.78, 5) is 16.6. The smallest absolute Gasteiger partial charge is 0.406 e. The van der Waals surface area contributed by atoms with Crippen molar-refractivity contribution in [2.75, 3.05) is 5.32 Å². The third-order valence-electron chi connectivity index (χ3n) is 3.32. The molecule has 3 rings (SSSR count). The summed E-state index contributed by atoms with van der Waals surface area (Å²) in [5.74, 6) is -0.358. The van der Waals surface area contributed by atoms with E-state index >= 15 is 0 Å². The van der Waals surface area contributed by atoms with E-state index in [4.69, 9.17) is 0 Å². The largest absolute Gasteiger partial charge is 0.573 e. The molecule has 3 aromatic rings. The number of aromatic nitrogens is 2. The molecule has 0 bridgehead atoms. The monoisotopic (exact) mass is 367 g/mol. The number of pyridine rings is 1. The quantitative estimate of drug-likeness (QED) is 0.739. The second kappa shape index (κ2) is 7.44. The Kier molecular flexibility index (Phi) is 5.51. The van der Waals surface area contributed by atoms with Gasteiger partial charge in [0.2, 0.25) is 0 Å².